The molecule has 3 aromatic carbocycles. The molecule has 26 nitrogen and oxygen atoms in total. The van der Waals surface area contributed by atoms with Crippen LogP contribution in [0.3, 0.4) is 0 Å². The van der Waals surface area contributed by atoms with Gasteiger partial charge in [0.25, 0.3) is 20.2 Å². The van der Waals surface area contributed by atoms with Crippen LogP contribution >= 0.6 is 0 Å². The van der Waals surface area contributed by atoms with Gasteiger partial charge < -0.3 is 64.4 Å². The van der Waals surface area contributed by atoms with E-state index >= 15 is 0 Å². The fourth-order valence-corrected chi connectivity index (χ4v) is 13.7. The maximum atomic E-state index is 14.4. The van der Waals surface area contributed by atoms with Crippen molar-refractivity contribution in [1.82, 2.24) is 15.0 Å². The summed E-state index contributed by atoms with van der Waals surface area (Å²) >= 11 is 0. The van der Waals surface area contributed by atoms with Gasteiger partial charge in [-0.2, -0.15) is 16.8 Å². The Labute approximate surface area is 497 Å². The monoisotopic (exact) mass is 1250 g/mol. The zero-order valence-corrected chi connectivity index (χ0v) is 49.6. The zero-order valence-electron chi connectivity index (χ0n) is 48.0. The number of Topliss-reactive ketones (excluding diaryl/α,β-unsaturated/α-hetero) is 1. The average molecular weight is 1250 g/mol. The number of benzene rings is 3. The number of aliphatic hydroxyl groups is 5. The number of nitrogens with one attached hydrogen (secondary N) is 1. The van der Waals surface area contributed by atoms with E-state index in [1.54, 1.807) is 24.4 Å². The number of esters is 1. The van der Waals surface area contributed by atoms with E-state index in [2.05, 4.69) is 15.6 Å². The Balaban J connectivity index is 0.945. The molecule has 9 N–H and O–H groups in total. The molecule has 0 radical (unpaired) electrons. The number of hydrogen-bond donors (Lipinski definition) is 9. The van der Waals surface area contributed by atoms with Gasteiger partial charge in [-0.15, -0.1) is 5.10 Å². The highest BCUT2D eigenvalue weighted by Crippen LogP contribution is 2.42. The second-order valence-corrected chi connectivity index (χ2v) is 25.7. The Morgan fingerprint density at radius 2 is 1.52 bits per heavy atom. The lowest BCUT2D eigenvalue weighted by atomic mass is 9.74. The fraction of sp³-hybridized carbons (Fsp3) is 0.621. The predicted octanol–water partition coefficient (Wildman–Crippen LogP) is 4.08. The van der Waals surface area contributed by atoms with Gasteiger partial charge in [-0.1, -0.05) is 68.9 Å². The number of carboxylic acid groups (broad SMARTS) is 1. The van der Waals surface area contributed by atoms with Gasteiger partial charge in [0.15, 0.2) is 24.8 Å². The van der Waals surface area contributed by atoms with E-state index in [4.69, 9.17) is 28.4 Å². The van der Waals surface area contributed by atoms with Crippen LogP contribution in [0, 0.1) is 24.7 Å². The number of carbonyl (C=O) groups is 4. The van der Waals surface area contributed by atoms with Crippen molar-refractivity contribution in [2.75, 3.05) is 11.9 Å². The number of aryl methyl sites for hydroxylation is 3. The Morgan fingerprint density at radius 3 is 2.20 bits per heavy atom. The Hall–Kier alpha value is -5.44. The van der Waals surface area contributed by atoms with E-state index < -0.39 is 146 Å². The third kappa shape index (κ3) is 16.4. The number of ether oxygens (including phenoxy) is 6. The molecule has 474 valence electrons. The van der Waals surface area contributed by atoms with Crippen molar-refractivity contribution in [3.05, 3.63) is 77.6 Å². The first-order valence-corrected chi connectivity index (χ1v) is 32.1. The van der Waals surface area contributed by atoms with Crippen LogP contribution in [0.5, 0.6) is 0 Å². The Morgan fingerprint density at radius 1 is 0.802 bits per heavy atom. The van der Waals surface area contributed by atoms with Gasteiger partial charge in [0.05, 0.1) is 41.9 Å². The number of anilines is 1. The third-order valence-electron chi connectivity index (χ3n) is 16.7. The zero-order chi connectivity index (χ0) is 62.2. The Bertz CT molecular complexity index is 3220. The molecule has 3 heterocycles. The molecular formula is C58H78N4O22S2. The van der Waals surface area contributed by atoms with Gasteiger partial charge in [0.2, 0.25) is 5.91 Å². The topological polar surface area (TPSA) is 397 Å². The number of aliphatic carboxylic acids is 1. The quantitative estimate of drug-likeness (QED) is 0.0243. The number of aromatic nitrogens is 3. The minimum Gasteiger partial charge on any atom is -0.479 e. The van der Waals surface area contributed by atoms with E-state index in [9.17, 15) is 75.8 Å². The summed E-state index contributed by atoms with van der Waals surface area (Å²) in [5, 5.41) is 75.9. The number of carboxylic acids is 1. The molecule has 4 aliphatic rings. The molecule has 2 saturated carbocycles. The molecule has 1 amide bonds. The molecule has 0 spiro atoms. The number of aliphatic hydroxyl groups excluding tert-OH is 5. The SMILES string of the molecule is CCC1CC(C(=O)CCCCc2cn(CCCC(=O)Nc3ccc(S(=O)(=O)O)c4cc(C)cc(S(=O)(=O)O)c34)nn2)CC(OC2OC(CO)C(O)C(O[C@@H](CC3CCCCC3)C(=O)O)C2OC(=O)c2ccccc2)C1OC1OC(C)C(O)C(O)C1O. The summed E-state index contributed by atoms with van der Waals surface area (Å²) in [7, 11) is -9.76. The lowest BCUT2D eigenvalue weighted by molar-refractivity contribution is -0.349. The minimum atomic E-state index is -4.92. The smallest absolute Gasteiger partial charge is 0.338 e. The summed E-state index contributed by atoms with van der Waals surface area (Å²) in [6.45, 7) is 4.25. The van der Waals surface area contributed by atoms with Crippen molar-refractivity contribution in [2.45, 2.75) is 213 Å². The van der Waals surface area contributed by atoms with Gasteiger partial charge in [-0.05, 0) is 113 Å². The molecule has 15 atom stereocenters. The maximum absolute atomic E-state index is 14.4. The molecule has 4 aromatic rings. The van der Waals surface area contributed by atoms with Gasteiger partial charge in [0, 0.05) is 42.3 Å². The van der Waals surface area contributed by atoms with Crippen LogP contribution in [0.1, 0.15) is 125 Å². The second kappa shape index (κ2) is 29.3. The van der Waals surface area contributed by atoms with E-state index in [0.29, 0.717) is 31.4 Å². The Kier molecular flexibility index (Phi) is 22.6. The number of rotatable bonds is 26. The number of amides is 1. The highest BCUT2D eigenvalue weighted by atomic mass is 32.2. The third-order valence-corrected chi connectivity index (χ3v) is 18.5. The maximum Gasteiger partial charge on any atom is 0.338 e. The predicted molar refractivity (Wildman–Crippen MR) is 302 cm³/mol. The highest BCUT2D eigenvalue weighted by Gasteiger charge is 2.54. The average Bonchev–Trinajstić information content (AvgIpc) is 0.894. The molecule has 8 rings (SSSR count). The van der Waals surface area contributed by atoms with Crippen molar-refractivity contribution < 1.29 is 104 Å². The van der Waals surface area contributed by atoms with Crippen LogP contribution in [0.15, 0.2) is 70.6 Å². The molecule has 28 heteroatoms. The number of unbranched alkanes of at least 4 members (excludes halogenated alkanes) is 1. The first-order valence-electron chi connectivity index (χ1n) is 29.2. The summed E-state index contributed by atoms with van der Waals surface area (Å²) in [4.78, 5) is 53.1. The van der Waals surface area contributed by atoms with Crippen LogP contribution in [0.4, 0.5) is 5.69 Å². The molecule has 2 aliphatic heterocycles. The fourth-order valence-electron chi connectivity index (χ4n) is 12.2. The number of carbonyl (C=O) groups excluding carboxylic acids is 3. The summed E-state index contributed by atoms with van der Waals surface area (Å²) in [5.41, 5.74) is 0.845. The van der Waals surface area contributed by atoms with Crippen LogP contribution in [0.25, 0.3) is 10.8 Å². The molecule has 0 bridgehead atoms. The van der Waals surface area contributed by atoms with Crippen LogP contribution in [-0.2, 0) is 76.0 Å². The number of ketones is 1. The van der Waals surface area contributed by atoms with E-state index in [1.807, 2.05) is 6.92 Å². The van der Waals surface area contributed by atoms with E-state index in [-0.39, 0.29) is 84.4 Å². The van der Waals surface area contributed by atoms with Crippen molar-refractivity contribution in [3.63, 3.8) is 0 Å². The van der Waals surface area contributed by atoms with E-state index in [0.717, 1.165) is 50.3 Å². The number of fused-ring (bicyclic) bond motifs is 1. The van der Waals surface area contributed by atoms with Crippen molar-refractivity contribution >= 4 is 60.3 Å². The minimum absolute atomic E-state index is 0.000850. The van der Waals surface area contributed by atoms with Crippen LogP contribution in [-0.4, -0.2) is 182 Å². The van der Waals surface area contributed by atoms with Crippen LogP contribution in [0.2, 0.25) is 0 Å². The van der Waals surface area contributed by atoms with Gasteiger partial charge in [-0.25, -0.2) is 9.59 Å². The van der Waals surface area contributed by atoms with Crippen molar-refractivity contribution in [2.24, 2.45) is 17.8 Å². The molecule has 1 aromatic heterocycles. The molecule has 14 unspecified atom stereocenters. The lowest BCUT2D eigenvalue weighted by Gasteiger charge is -2.49. The molecule has 2 saturated heterocycles. The summed E-state index contributed by atoms with van der Waals surface area (Å²) in [6.07, 6.45) is -10.7. The standard InChI is InChI=1S/C58H78N4O22S2/c1-4-34-27-36(40(64)19-12-11-18-37-29-62(61-60-37)23-13-20-46(65)59-39-21-22-44(85(73,74)75)38-24-31(2)25-45(47(38)39)86(76,77)78)28-41(52(34)84-57-51(69)50(68)48(66)32(3)79-57)81-58-54(83-56(72)35-16-9-6-10-17-35)53(49(67)43(30-63)82-58)80-42(55(70)71)26-33-14-7-5-8-15-33/h6,9-10,16-17,21-22,24-25,29,32-34,36,41-43,48-54,57-58,63,66-69H,4-5,7-8,11-15,18-20,23,26-28,30H2,1-3H3,(H,59,65)(H,70,71)(H,73,74,75)(H,76,77,78)/t32?,34?,36?,41?,42-,43?,48?,49?,50?,51?,52?,53?,54?,57?,58?/m0/s1. The van der Waals surface area contributed by atoms with Gasteiger partial charge in [0.1, 0.15) is 52.2 Å². The van der Waals surface area contributed by atoms with Gasteiger partial charge >= 0.3 is 11.9 Å². The second-order valence-electron chi connectivity index (χ2n) is 23.0. The first kappa shape index (κ1) is 66.5. The molecular weight excluding hydrogens is 1170 g/mol. The highest BCUT2D eigenvalue weighted by molar-refractivity contribution is 7.86. The summed E-state index contributed by atoms with van der Waals surface area (Å²) < 4.78 is 108. The van der Waals surface area contributed by atoms with Crippen LogP contribution < -0.4 is 5.32 Å². The first-order chi connectivity index (χ1) is 40.8. The normalized spacial score (nSPS) is 28.9. The van der Waals surface area contributed by atoms with Crippen molar-refractivity contribution in [3.8, 4) is 0 Å². The number of nitrogens with zero attached hydrogens (tertiary/aromatic N) is 3. The van der Waals surface area contributed by atoms with Gasteiger partial charge in [-0.3, -0.25) is 23.4 Å². The van der Waals surface area contributed by atoms with E-state index in [1.165, 1.54) is 36.7 Å². The molecule has 86 heavy (non-hydrogen) atoms. The van der Waals surface area contributed by atoms with Crippen molar-refractivity contribution in [1.29, 1.82) is 0 Å². The lowest BCUT2D eigenvalue weighted by Crippen LogP contribution is -2.64. The largest absolute Gasteiger partial charge is 0.479 e. The summed E-state index contributed by atoms with van der Waals surface area (Å²) in [5.74, 6) is -4.06. The molecule has 4 fully saturated rings. The molecule has 2 aliphatic carbocycles. The number of hydrogen-bond acceptors (Lipinski definition) is 21. The summed E-state index contributed by atoms with van der Waals surface area (Å²) in [6, 6.07) is 12.4.